The van der Waals surface area contributed by atoms with E-state index >= 15 is 0 Å². The monoisotopic (exact) mass is 476 g/mol. The second-order valence-electron chi connectivity index (χ2n) is 8.63. The van der Waals surface area contributed by atoms with Crippen LogP contribution in [0.15, 0.2) is 58.5 Å². The maximum Gasteiger partial charge on any atom is 0.267 e. The zero-order chi connectivity index (χ0) is 23.7. The first-order valence-corrected chi connectivity index (χ1v) is 12.6. The fourth-order valence-corrected chi connectivity index (χ4v) is 5.35. The molecule has 0 unspecified atom stereocenters. The van der Waals surface area contributed by atoms with Crippen molar-refractivity contribution in [3.8, 4) is 5.69 Å². The van der Waals surface area contributed by atoms with E-state index in [2.05, 4.69) is 27.3 Å². The average Bonchev–Trinajstić information content (AvgIpc) is 3.28. The van der Waals surface area contributed by atoms with Crippen molar-refractivity contribution in [2.24, 2.45) is 0 Å². The molecule has 8 nitrogen and oxygen atoms in total. The van der Waals surface area contributed by atoms with Gasteiger partial charge >= 0.3 is 0 Å². The van der Waals surface area contributed by atoms with Gasteiger partial charge in [-0.3, -0.25) is 14.0 Å². The Morgan fingerprint density at radius 3 is 2.59 bits per heavy atom. The van der Waals surface area contributed by atoms with Crippen LogP contribution < -0.4 is 10.9 Å². The maximum absolute atomic E-state index is 13.4. The van der Waals surface area contributed by atoms with E-state index in [4.69, 9.17) is 0 Å². The normalized spacial score (nSPS) is 15.2. The van der Waals surface area contributed by atoms with Crippen molar-refractivity contribution in [3.05, 3.63) is 64.4 Å². The standard InChI is InChI=1S/C25H28N6O2S/c1-3-29-14-12-18(13-15-29)26-22(32)16-34-25-28-27-24-30(20-10-6-4-8-17(20)2)23(33)19-9-5-7-11-21(19)31(24)25/h4-11,18H,3,12-16H2,1-2H3,(H,26,32). The Bertz CT molecular complexity index is 1400. The van der Waals surface area contributed by atoms with Gasteiger partial charge in [0.1, 0.15) is 0 Å². The third-order valence-electron chi connectivity index (χ3n) is 6.48. The molecular formula is C25H28N6O2S. The highest BCUT2D eigenvalue weighted by Crippen LogP contribution is 2.24. The molecule has 1 fully saturated rings. The summed E-state index contributed by atoms with van der Waals surface area (Å²) in [7, 11) is 0. The highest BCUT2D eigenvalue weighted by atomic mass is 32.2. The van der Waals surface area contributed by atoms with Crippen LogP contribution in [0.4, 0.5) is 0 Å². The lowest BCUT2D eigenvalue weighted by Gasteiger charge is -2.31. The van der Waals surface area contributed by atoms with Crippen molar-refractivity contribution in [2.45, 2.75) is 37.9 Å². The number of rotatable bonds is 6. The molecule has 3 heterocycles. The average molecular weight is 477 g/mol. The molecule has 2 aromatic heterocycles. The minimum Gasteiger partial charge on any atom is -0.353 e. The molecule has 9 heteroatoms. The Kier molecular flexibility index (Phi) is 6.38. The number of piperidine rings is 1. The predicted octanol–water partition coefficient (Wildman–Crippen LogP) is 3.03. The van der Waals surface area contributed by atoms with Crippen LogP contribution in [-0.4, -0.2) is 61.4 Å². The summed E-state index contributed by atoms with van der Waals surface area (Å²) in [5.74, 6) is 0.674. The molecule has 2 aromatic carbocycles. The Morgan fingerprint density at radius 2 is 1.82 bits per heavy atom. The Labute approximate surface area is 202 Å². The Hall–Kier alpha value is -3.17. The van der Waals surface area contributed by atoms with Crippen LogP contribution in [0.1, 0.15) is 25.3 Å². The van der Waals surface area contributed by atoms with Gasteiger partial charge in [-0.1, -0.05) is 49.0 Å². The zero-order valence-corrected chi connectivity index (χ0v) is 20.2. The second-order valence-corrected chi connectivity index (χ2v) is 9.57. The van der Waals surface area contributed by atoms with Gasteiger partial charge in [0.15, 0.2) is 5.16 Å². The van der Waals surface area contributed by atoms with Gasteiger partial charge in [-0.05, 0) is 50.1 Å². The van der Waals surface area contributed by atoms with Crippen molar-refractivity contribution in [2.75, 3.05) is 25.4 Å². The van der Waals surface area contributed by atoms with Crippen LogP contribution in [0.25, 0.3) is 22.4 Å². The lowest BCUT2D eigenvalue weighted by atomic mass is 10.1. The van der Waals surface area contributed by atoms with Crippen LogP contribution in [0.2, 0.25) is 0 Å². The number of fused-ring (bicyclic) bond motifs is 3. The number of carbonyl (C=O) groups is 1. The van der Waals surface area contributed by atoms with E-state index in [-0.39, 0.29) is 23.3 Å². The molecule has 0 spiro atoms. The van der Waals surface area contributed by atoms with E-state index in [1.807, 2.05) is 59.9 Å². The third kappa shape index (κ3) is 4.21. The first-order chi connectivity index (χ1) is 16.6. The SMILES string of the molecule is CCN1CCC(NC(=O)CSc2nnc3n(-c4ccccc4C)c(=O)c4ccccc4n23)CC1. The summed E-state index contributed by atoms with van der Waals surface area (Å²) < 4.78 is 3.48. The summed E-state index contributed by atoms with van der Waals surface area (Å²) in [6, 6.07) is 15.4. The quantitative estimate of drug-likeness (QED) is 0.431. The summed E-state index contributed by atoms with van der Waals surface area (Å²) in [6.45, 7) is 7.23. The van der Waals surface area contributed by atoms with E-state index < -0.39 is 0 Å². The maximum atomic E-state index is 13.4. The molecule has 1 saturated heterocycles. The highest BCUT2D eigenvalue weighted by Gasteiger charge is 2.22. The molecule has 0 radical (unpaired) electrons. The van der Waals surface area contributed by atoms with Gasteiger partial charge in [-0.2, -0.15) is 0 Å². The number of nitrogens with one attached hydrogen (secondary N) is 1. The Balaban J connectivity index is 1.46. The van der Waals surface area contributed by atoms with E-state index in [1.54, 1.807) is 4.57 Å². The third-order valence-corrected chi connectivity index (χ3v) is 7.41. The first kappa shape index (κ1) is 22.6. The van der Waals surface area contributed by atoms with Gasteiger partial charge in [-0.25, -0.2) is 4.57 Å². The fourth-order valence-electron chi connectivity index (χ4n) is 4.60. The smallest absolute Gasteiger partial charge is 0.267 e. The molecule has 0 saturated carbocycles. The summed E-state index contributed by atoms with van der Waals surface area (Å²) in [5.41, 5.74) is 2.32. The van der Waals surface area contributed by atoms with Gasteiger partial charge in [0.2, 0.25) is 11.7 Å². The number of para-hydroxylation sites is 2. The van der Waals surface area contributed by atoms with Gasteiger partial charge < -0.3 is 10.2 Å². The molecule has 1 aliphatic rings. The van der Waals surface area contributed by atoms with Crippen molar-refractivity contribution in [3.63, 3.8) is 0 Å². The number of hydrogen-bond acceptors (Lipinski definition) is 6. The van der Waals surface area contributed by atoms with Crippen LogP contribution >= 0.6 is 11.8 Å². The highest BCUT2D eigenvalue weighted by molar-refractivity contribution is 7.99. The summed E-state index contributed by atoms with van der Waals surface area (Å²) in [5, 5.41) is 13.1. The number of carbonyl (C=O) groups excluding carboxylic acids is 1. The van der Waals surface area contributed by atoms with Gasteiger partial charge in [0.25, 0.3) is 5.56 Å². The molecule has 1 N–H and O–H groups in total. The molecule has 34 heavy (non-hydrogen) atoms. The van der Waals surface area contributed by atoms with Crippen molar-refractivity contribution in [1.29, 1.82) is 0 Å². The summed E-state index contributed by atoms with van der Waals surface area (Å²) >= 11 is 1.34. The number of hydrogen-bond donors (Lipinski definition) is 1. The summed E-state index contributed by atoms with van der Waals surface area (Å²) in [4.78, 5) is 28.5. The van der Waals surface area contributed by atoms with E-state index in [9.17, 15) is 9.59 Å². The minimum absolute atomic E-state index is 0.00627. The Morgan fingerprint density at radius 1 is 1.09 bits per heavy atom. The first-order valence-electron chi connectivity index (χ1n) is 11.7. The van der Waals surface area contributed by atoms with Crippen LogP contribution in [-0.2, 0) is 4.79 Å². The molecule has 176 valence electrons. The zero-order valence-electron chi connectivity index (χ0n) is 19.4. The topological polar surface area (TPSA) is 84.5 Å². The van der Waals surface area contributed by atoms with Crippen molar-refractivity contribution >= 4 is 34.3 Å². The second kappa shape index (κ2) is 9.60. The van der Waals surface area contributed by atoms with Gasteiger partial charge in [-0.15, -0.1) is 10.2 Å². The molecule has 1 amide bonds. The molecule has 1 aliphatic heterocycles. The van der Waals surface area contributed by atoms with Crippen LogP contribution in [0.3, 0.4) is 0 Å². The fraction of sp³-hybridized carbons (Fsp3) is 0.360. The van der Waals surface area contributed by atoms with Crippen molar-refractivity contribution < 1.29 is 4.79 Å². The molecule has 5 rings (SSSR count). The number of likely N-dealkylation sites (tertiary alicyclic amines) is 1. The van der Waals surface area contributed by atoms with Crippen molar-refractivity contribution in [1.82, 2.24) is 29.4 Å². The van der Waals surface area contributed by atoms with E-state index in [0.29, 0.717) is 16.3 Å². The number of aromatic nitrogens is 4. The minimum atomic E-state index is -0.141. The number of thioether (sulfide) groups is 1. The van der Waals surface area contributed by atoms with Crippen LogP contribution in [0, 0.1) is 6.92 Å². The number of amides is 1. The summed E-state index contributed by atoms with van der Waals surface area (Å²) in [6.07, 6.45) is 1.96. The predicted molar refractivity (Wildman–Crippen MR) is 135 cm³/mol. The number of aryl methyl sites for hydroxylation is 1. The van der Waals surface area contributed by atoms with E-state index in [1.165, 1.54) is 11.8 Å². The number of benzene rings is 2. The lowest BCUT2D eigenvalue weighted by Crippen LogP contribution is -2.45. The molecule has 0 aliphatic carbocycles. The number of nitrogens with zero attached hydrogens (tertiary/aromatic N) is 5. The largest absolute Gasteiger partial charge is 0.353 e. The molecular weight excluding hydrogens is 448 g/mol. The lowest BCUT2D eigenvalue weighted by molar-refractivity contribution is -0.119. The molecule has 0 atom stereocenters. The van der Waals surface area contributed by atoms with Crippen LogP contribution in [0.5, 0.6) is 0 Å². The van der Waals surface area contributed by atoms with E-state index in [0.717, 1.165) is 49.2 Å². The molecule has 4 aromatic rings. The van der Waals surface area contributed by atoms with Gasteiger partial charge in [0.05, 0.1) is 22.3 Å². The van der Waals surface area contributed by atoms with Gasteiger partial charge in [0, 0.05) is 19.1 Å². The molecule has 0 bridgehead atoms.